The molecule has 2 rings (SSSR count). The van der Waals surface area contributed by atoms with Gasteiger partial charge in [-0.05, 0) is 49.8 Å². The van der Waals surface area contributed by atoms with Gasteiger partial charge in [0.25, 0.3) is 0 Å². The summed E-state index contributed by atoms with van der Waals surface area (Å²) in [5.74, 6) is -0.612. The smallest absolute Gasteiger partial charge is 0.243 e. The van der Waals surface area contributed by atoms with Crippen molar-refractivity contribution in [1.82, 2.24) is 4.72 Å². The van der Waals surface area contributed by atoms with Crippen LogP contribution in [-0.2, 0) is 10.0 Å². The van der Waals surface area contributed by atoms with E-state index in [9.17, 15) is 17.9 Å². The van der Waals surface area contributed by atoms with Crippen molar-refractivity contribution in [3.63, 3.8) is 0 Å². The first-order valence-electron chi connectivity index (χ1n) is 6.80. The van der Waals surface area contributed by atoms with Crippen LogP contribution in [0.3, 0.4) is 0 Å². The van der Waals surface area contributed by atoms with Crippen molar-refractivity contribution >= 4 is 10.0 Å². The van der Waals surface area contributed by atoms with Gasteiger partial charge in [0.2, 0.25) is 10.0 Å². The second-order valence-corrected chi connectivity index (χ2v) is 7.14. The molecule has 1 aliphatic rings. The van der Waals surface area contributed by atoms with Crippen LogP contribution in [0.25, 0.3) is 0 Å². The van der Waals surface area contributed by atoms with Gasteiger partial charge in [-0.1, -0.05) is 13.0 Å². The van der Waals surface area contributed by atoms with Gasteiger partial charge in [-0.15, -0.1) is 0 Å². The van der Waals surface area contributed by atoms with Crippen molar-refractivity contribution in [3.05, 3.63) is 29.6 Å². The van der Waals surface area contributed by atoms with Gasteiger partial charge in [0.15, 0.2) is 0 Å². The minimum Gasteiger partial charge on any atom is -0.393 e. The highest BCUT2D eigenvalue weighted by Gasteiger charge is 2.35. The number of nitrogens with one attached hydrogen (secondary N) is 1. The fraction of sp³-hybridized carbons (Fsp3) is 0.571. The van der Waals surface area contributed by atoms with E-state index in [1.165, 1.54) is 12.1 Å². The molecule has 0 unspecified atom stereocenters. The lowest BCUT2D eigenvalue weighted by Gasteiger charge is -2.37. The maximum Gasteiger partial charge on any atom is 0.243 e. The summed E-state index contributed by atoms with van der Waals surface area (Å²) in [5.41, 5.74) is 0.676. The van der Waals surface area contributed by atoms with Crippen LogP contribution in [0.15, 0.2) is 23.1 Å². The lowest BCUT2D eigenvalue weighted by Crippen LogP contribution is -2.46. The van der Waals surface area contributed by atoms with Crippen molar-refractivity contribution in [2.24, 2.45) is 5.92 Å². The number of hydrogen-bond acceptors (Lipinski definition) is 3. The summed E-state index contributed by atoms with van der Waals surface area (Å²) in [4.78, 5) is -0.318. The largest absolute Gasteiger partial charge is 0.393 e. The van der Waals surface area contributed by atoms with Crippen molar-refractivity contribution in [1.29, 1.82) is 0 Å². The third kappa shape index (κ3) is 3.19. The average molecular weight is 301 g/mol. The Morgan fingerprint density at radius 3 is 2.60 bits per heavy atom. The number of aliphatic hydroxyl groups excluding tert-OH is 1. The topological polar surface area (TPSA) is 66.4 Å². The predicted octanol–water partition coefficient (Wildman–Crippen LogP) is 1.96. The van der Waals surface area contributed by atoms with E-state index in [-0.39, 0.29) is 23.0 Å². The van der Waals surface area contributed by atoms with Gasteiger partial charge in [0, 0.05) is 6.04 Å². The van der Waals surface area contributed by atoms with Crippen LogP contribution in [0.2, 0.25) is 0 Å². The van der Waals surface area contributed by atoms with E-state index >= 15 is 0 Å². The summed E-state index contributed by atoms with van der Waals surface area (Å²) in [6.45, 7) is 3.58. The molecule has 0 radical (unpaired) electrons. The molecule has 1 saturated carbocycles. The van der Waals surface area contributed by atoms with Crippen LogP contribution in [0.5, 0.6) is 0 Å². The van der Waals surface area contributed by atoms with Gasteiger partial charge in [-0.2, -0.15) is 0 Å². The van der Waals surface area contributed by atoms with Gasteiger partial charge < -0.3 is 5.11 Å². The summed E-state index contributed by atoms with van der Waals surface area (Å²) in [7, 11) is -3.86. The number of sulfonamides is 1. The first-order valence-corrected chi connectivity index (χ1v) is 8.28. The van der Waals surface area contributed by atoms with Gasteiger partial charge in [-0.3, -0.25) is 0 Å². The monoisotopic (exact) mass is 301 g/mol. The lowest BCUT2D eigenvalue weighted by molar-refractivity contribution is 0.0277. The Labute approximate surface area is 119 Å². The van der Waals surface area contributed by atoms with Crippen LogP contribution in [0.4, 0.5) is 4.39 Å². The van der Waals surface area contributed by atoms with Crippen LogP contribution in [-0.4, -0.2) is 25.7 Å². The summed E-state index contributed by atoms with van der Waals surface area (Å²) in [5, 5.41) is 9.32. The van der Waals surface area contributed by atoms with E-state index in [2.05, 4.69) is 4.72 Å². The zero-order valence-corrected chi connectivity index (χ0v) is 12.5. The Morgan fingerprint density at radius 1 is 1.45 bits per heavy atom. The molecule has 0 amide bonds. The maximum atomic E-state index is 13.8. The third-order valence-electron chi connectivity index (χ3n) is 3.84. The van der Waals surface area contributed by atoms with Crippen LogP contribution in [0, 0.1) is 18.7 Å². The molecule has 0 bridgehead atoms. The summed E-state index contributed by atoms with van der Waals surface area (Å²) in [6, 6.07) is 3.81. The zero-order valence-electron chi connectivity index (χ0n) is 11.6. The Balaban J connectivity index is 2.17. The summed E-state index contributed by atoms with van der Waals surface area (Å²) in [6.07, 6.45) is 1.47. The quantitative estimate of drug-likeness (QED) is 0.873. The Morgan fingerprint density at radius 2 is 2.10 bits per heavy atom. The first kappa shape index (κ1) is 15.4. The minimum atomic E-state index is -3.86. The number of hydrogen-bond donors (Lipinski definition) is 2. The number of aliphatic hydroxyl groups is 1. The van der Waals surface area contributed by atoms with Gasteiger partial charge in [0.1, 0.15) is 10.7 Å². The van der Waals surface area contributed by atoms with E-state index in [1.807, 2.05) is 6.92 Å². The molecule has 1 fully saturated rings. The van der Waals surface area contributed by atoms with E-state index < -0.39 is 15.8 Å². The zero-order chi connectivity index (χ0) is 14.9. The highest BCUT2D eigenvalue weighted by atomic mass is 32.2. The normalized spacial score (nSPS) is 24.2. The van der Waals surface area contributed by atoms with Gasteiger partial charge >= 0.3 is 0 Å². The molecular formula is C14H20FNO3S. The SMILES string of the molecule is CC[C@H](NS(=O)(=O)c1ccc(C)cc1F)C1CC(O)C1. The molecule has 0 aliphatic heterocycles. The number of aryl methyl sites for hydroxylation is 1. The average Bonchev–Trinajstić information content (AvgIpc) is 2.32. The lowest BCUT2D eigenvalue weighted by atomic mass is 9.77. The van der Waals surface area contributed by atoms with Crippen molar-refractivity contribution in [2.75, 3.05) is 0 Å². The molecule has 1 aliphatic carbocycles. The number of rotatable bonds is 5. The molecule has 0 saturated heterocycles. The highest BCUT2D eigenvalue weighted by molar-refractivity contribution is 7.89. The van der Waals surface area contributed by atoms with Crippen LogP contribution in [0.1, 0.15) is 31.7 Å². The highest BCUT2D eigenvalue weighted by Crippen LogP contribution is 2.32. The van der Waals surface area contributed by atoms with Crippen molar-refractivity contribution < 1.29 is 17.9 Å². The van der Waals surface area contributed by atoms with E-state index in [0.29, 0.717) is 24.8 Å². The molecule has 0 heterocycles. The number of halogens is 1. The van der Waals surface area contributed by atoms with Crippen LogP contribution >= 0.6 is 0 Å². The Bertz CT molecular complexity index is 582. The van der Waals surface area contributed by atoms with Crippen LogP contribution < -0.4 is 4.72 Å². The van der Waals surface area contributed by atoms with E-state index in [1.54, 1.807) is 13.0 Å². The fourth-order valence-electron chi connectivity index (χ4n) is 2.56. The fourth-order valence-corrected chi connectivity index (χ4v) is 4.01. The van der Waals surface area contributed by atoms with E-state index in [4.69, 9.17) is 0 Å². The van der Waals surface area contributed by atoms with E-state index in [0.717, 1.165) is 0 Å². The number of benzene rings is 1. The molecule has 20 heavy (non-hydrogen) atoms. The predicted molar refractivity (Wildman–Crippen MR) is 74.3 cm³/mol. The molecule has 4 nitrogen and oxygen atoms in total. The van der Waals surface area contributed by atoms with Crippen molar-refractivity contribution in [2.45, 2.75) is 50.2 Å². The molecule has 112 valence electrons. The maximum absolute atomic E-state index is 13.8. The molecule has 0 aromatic heterocycles. The van der Waals surface area contributed by atoms with Crippen molar-refractivity contribution in [3.8, 4) is 0 Å². The summed E-state index contributed by atoms with van der Waals surface area (Å²) >= 11 is 0. The second-order valence-electron chi connectivity index (χ2n) is 5.46. The third-order valence-corrected chi connectivity index (χ3v) is 5.37. The van der Waals surface area contributed by atoms with Gasteiger partial charge in [-0.25, -0.2) is 17.5 Å². The second kappa shape index (κ2) is 5.79. The molecule has 2 N–H and O–H groups in total. The Hall–Kier alpha value is -0.980. The molecule has 1 atom stereocenters. The molecule has 0 spiro atoms. The standard InChI is InChI=1S/C14H20FNO3S/c1-3-13(10-7-11(17)8-10)16-20(18,19)14-5-4-9(2)6-12(14)15/h4-6,10-11,13,16-17H,3,7-8H2,1-2H3/t10?,11?,13-/m0/s1. The summed E-state index contributed by atoms with van der Waals surface area (Å²) < 4.78 is 40.9. The minimum absolute atomic E-state index is 0.123. The van der Waals surface area contributed by atoms with Gasteiger partial charge in [0.05, 0.1) is 6.10 Å². The molecule has 1 aromatic carbocycles. The first-order chi connectivity index (χ1) is 9.33. The molecule has 1 aromatic rings. The molecular weight excluding hydrogens is 281 g/mol. The Kier molecular flexibility index (Phi) is 4.46. The molecule has 6 heteroatoms.